The molecule has 0 saturated carbocycles. The molecule has 8 heteroatoms. The molecular weight excluding hydrogens is 494 g/mol. The molecule has 2 heterocycles. The van der Waals surface area contributed by atoms with Crippen molar-refractivity contribution in [1.82, 2.24) is 14.5 Å². The first-order chi connectivity index (χ1) is 18.9. The molecule has 200 valence electrons. The number of nitrogens with zero attached hydrogens (tertiary/aromatic N) is 3. The van der Waals surface area contributed by atoms with Crippen LogP contribution in [0, 0.1) is 0 Å². The molecule has 2 atom stereocenters. The topological polar surface area (TPSA) is 82.9 Å². The Kier molecular flexibility index (Phi) is 7.63. The Labute approximate surface area is 227 Å². The van der Waals surface area contributed by atoms with Crippen LogP contribution in [-0.4, -0.2) is 39.2 Å². The molecule has 3 aromatic carbocycles. The second-order valence-electron chi connectivity index (χ2n) is 9.53. The van der Waals surface area contributed by atoms with Gasteiger partial charge in [-0.25, -0.2) is 9.78 Å². The quantitative estimate of drug-likeness (QED) is 0.247. The molecule has 1 amide bonds. The third kappa shape index (κ3) is 5.80. The fraction of sp³-hybridized carbons (Fsp3) is 0.258. The van der Waals surface area contributed by atoms with Crippen LogP contribution in [-0.2, 0) is 34.3 Å². The van der Waals surface area contributed by atoms with Crippen molar-refractivity contribution in [2.24, 2.45) is 7.05 Å². The lowest BCUT2D eigenvalue weighted by molar-refractivity contribution is -0.142. The smallest absolute Gasteiger partial charge is 0.411 e. The Morgan fingerprint density at radius 1 is 1.05 bits per heavy atom. The van der Waals surface area contributed by atoms with E-state index >= 15 is 0 Å². The highest BCUT2D eigenvalue weighted by molar-refractivity contribution is 5.73. The van der Waals surface area contributed by atoms with Crippen LogP contribution >= 0.6 is 0 Å². The number of carbonyl (C=O) groups is 2. The molecule has 1 aromatic heterocycles. The summed E-state index contributed by atoms with van der Waals surface area (Å²) in [6.45, 7) is 4.41. The lowest BCUT2D eigenvalue weighted by atomic mass is 10.0. The van der Waals surface area contributed by atoms with Gasteiger partial charge in [0.25, 0.3) is 0 Å². The van der Waals surface area contributed by atoms with Crippen LogP contribution in [0.2, 0.25) is 0 Å². The Hall–Kier alpha value is -4.59. The first-order valence-electron chi connectivity index (χ1n) is 13.0. The third-order valence-corrected chi connectivity index (χ3v) is 6.81. The number of aryl methyl sites for hydroxylation is 1. The van der Waals surface area contributed by atoms with E-state index < -0.39 is 0 Å². The molecule has 2 unspecified atom stereocenters. The molecule has 0 aliphatic carbocycles. The minimum absolute atomic E-state index is 0.162. The van der Waals surface area contributed by atoms with Gasteiger partial charge in [-0.2, -0.15) is 0 Å². The van der Waals surface area contributed by atoms with E-state index in [1.54, 1.807) is 24.3 Å². The summed E-state index contributed by atoms with van der Waals surface area (Å²) < 4.78 is 19.1. The van der Waals surface area contributed by atoms with E-state index in [2.05, 4.69) is 4.98 Å². The molecule has 39 heavy (non-hydrogen) atoms. The first kappa shape index (κ1) is 26.0. The summed E-state index contributed by atoms with van der Waals surface area (Å²) in [6.07, 6.45) is 2.98. The highest BCUT2D eigenvalue weighted by Crippen LogP contribution is 2.37. The molecule has 4 aromatic rings. The predicted octanol–water partition coefficient (Wildman–Crippen LogP) is 6.07. The summed E-state index contributed by atoms with van der Waals surface area (Å²) in [5.74, 6) is 0.910. The van der Waals surface area contributed by atoms with Crippen molar-refractivity contribution in [1.29, 1.82) is 0 Å². The largest absolute Gasteiger partial charge is 0.466 e. The second kappa shape index (κ2) is 11.4. The van der Waals surface area contributed by atoms with E-state index in [-0.39, 0.29) is 30.6 Å². The van der Waals surface area contributed by atoms with Crippen molar-refractivity contribution in [3.8, 4) is 22.8 Å². The van der Waals surface area contributed by atoms with Gasteiger partial charge >= 0.3 is 12.1 Å². The summed E-state index contributed by atoms with van der Waals surface area (Å²) in [7, 11) is 1.94. The Balaban J connectivity index is 1.45. The fourth-order valence-corrected chi connectivity index (χ4v) is 4.81. The molecule has 1 aliphatic rings. The third-order valence-electron chi connectivity index (χ3n) is 6.81. The molecule has 8 nitrogen and oxygen atoms in total. The molecule has 1 aliphatic heterocycles. The van der Waals surface area contributed by atoms with Gasteiger partial charge in [-0.15, -0.1) is 0 Å². The van der Waals surface area contributed by atoms with Crippen molar-refractivity contribution < 1.29 is 23.8 Å². The van der Waals surface area contributed by atoms with Crippen molar-refractivity contribution in [2.75, 3.05) is 6.61 Å². The van der Waals surface area contributed by atoms with Crippen LogP contribution in [0.3, 0.4) is 0 Å². The standard InChI is InChI=1S/C31H31N3O5/c1-4-37-29(35)16-22-9-8-12-26(15-22)38-28-14-13-24(27-18-32-20-33(27)3)17-25(28)19-34-21(2)30(39-31(34)36)23-10-6-5-7-11-23/h5-15,17-18,20-21,30H,4,16,19H2,1-3H3. The van der Waals surface area contributed by atoms with Crippen LogP contribution in [0.1, 0.15) is 36.6 Å². The van der Waals surface area contributed by atoms with Gasteiger partial charge in [-0.05, 0) is 55.3 Å². The van der Waals surface area contributed by atoms with Gasteiger partial charge in [0.15, 0.2) is 0 Å². The van der Waals surface area contributed by atoms with Crippen LogP contribution in [0.5, 0.6) is 11.5 Å². The Morgan fingerprint density at radius 2 is 1.87 bits per heavy atom. The van der Waals surface area contributed by atoms with Gasteiger partial charge in [-0.1, -0.05) is 42.5 Å². The zero-order valence-electron chi connectivity index (χ0n) is 22.2. The zero-order valence-corrected chi connectivity index (χ0v) is 22.2. The Bertz CT molecular complexity index is 1470. The summed E-state index contributed by atoms with van der Waals surface area (Å²) in [4.78, 5) is 31.0. The SMILES string of the molecule is CCOC(=O)Cc1cccc(Oc2ccc(-c3cncn3C)cc2CN2C(=O)OC(c3ccccc3)C2C)c1. The lowest BCUT2D eigenvalue weighted by Gasteiger charge is -2.23. The average molecular weight is 526 g/mol. The molecule has 1 fully saturated rings. The number of hydrogen-bond donors (Lipinski definition) is 0. The number of amides is 1. The molecule has 0 spiro atoms. The number of imidazole rings is 1. The molecule has 0 radical (unpaired) electrons. The lowest BCUT2D eigenvalue weighted by Crippen LogP contribution is -2.31. The first-order valence-corrected chi connectivity index (χ1v) is 13.0. The van der Waals surface area contributed by atoms with Crippen molar-refractivity contribution in [3.05, 3.63) is 102 Å². The minimum Gasteiger partial charge on any atom is -0.466 e. The van der Waals surface area contributed by atoms with Crippen LogP contribution in [0.4, 0.5) is 4.79 Å². The minimum atomic E-state index is -0.371. The number of benzene rings is 3. The van der Waals surface area contributed by atoms with E-state index in [0.29, 0.717) is 24.7 Å². The number of ether oxygens (including phenoxy) is 3. The molecule has 0 N–H and O–H groups in total. The summed E-state index contributed by atoms with van der Waals surface area (Å²) in [5, 5.41) is 0. The zero-order chi connectivity index (χ0) is 27.4. The number of esters is 1. The molecule has 1 saturated heterocycles. The van der Waals surface area contributed by atoms with Crippen molar-refractivity contribution in [3.63, 3.8) is 0 Å². The summed E-state index contributed by atoms with van der Waals surface area (Å²) in [5.41, 5.74) is 4.47. The van der Waals surface area contributed by atoms with Gasteiger partial charge in [0.05, 0.1) is 43.8 Å². The van der Waals surface area contributed by atoms with Gasteiger partial charge < -0.3 is 18.8 Å². The van der Waals surface area contributed by atoms with Gasteiger partial charge in [0.2, 0.25) is 0 Å². The van der Waals surface area contributed by atoms with Crippen LogP contribution in [0.15, 0.2) is 85.3 Å². The van der Waals surface area contributed by atoms with Crippen LogP contribution < -0.4 is 4.74 Å². The average Bonchev–Trinajstić information content (AvgIpc) is 3.48. The number of hydrogen-bond acceptors (Lipinski definition) is 6. The van der Waals surface area contributed by atoms with Gasteiger partial charge in [-0.3, -0.25) is 9.69 Å². The number of aromatic nitrogens is 2. The maximum atomic E-state index is 13.0. The van der Waals surface area contributed by atoms with E-state index in [4.69, 9.17) is 14.2 Å². The van der Waals surface area contributed by atoms with Crippen molar-refractivity contribution >= 4 is 12.1 Å². The maximum absolute atomic E-state index is 13.0. The maximum Gasteiger partial charge on any atom is 0.411 e. The van der Waals surface area contributed by atoms with E-state index in [1.165, 1.54) is 0 Å². The van der Waals surface area contributed by atoms with Gasteiger partial charge in [0.1, 0.15) is 17.6 Å². The normalized spacial score (nSPS) is 16.7. The number of carbonyl (C=O) groups excluding carboxylic acids is 2. The monoisotopic (exact) mass is 525 g/mol. The summed E-state index contributed by atoms with van der Waals surface area (Å²) in [6, 6.07) is 22.9. The molecule has 0 bridgehead atoms. The highest BCUT2D eigenvalue weighted by Gasteiger charge is 2.40. The Morgan fingerprint density at radius 3 is 2.62 bits per heavy atom. The second-order valence-corrected chi connectivity index (χ2v) is 9.53. The molecule has 5 rings (SSSR count). The fourth-order valence-electron chi connectivity index (χ4n) is 4.81. The van der Waals surface area contributed by atoms with Crippen molar-refractivity contribution in [2.45, 2.75) is 39.0 Å². The van der Waals surface area contributed by atoms with E-state index in [9.17, 15) is 9.59 Å². The highest BCUT2D eigenvalue weighted by atomic mass is 16.6. The predicted molar refractivity (Wildman–Crippen MR) is 146 cm³/mol. The number of rotatable bonds is 9. The van der Waals surface area contributed by atoms with E-state index in [1.807, 2.05) is 91.3 Å². The van der Waals surface area contributed by atoms with E-state index in [0.717, 1.165) is 27.9 Å². The molecular formula is C31H31N3O5. The number of cyclic esters (lactones) is 1. The van der Waals surface area contributed by atoms with Crippen LogP contribution in [0.25, 0.3) is 11.3 Å². The van der Waals surface area contributed by atoms with Gasteiger partial charge in [0, 0.05) is 18.2 Å². The summed E-state index contributed by atoms with van der Waals surface area (Å²) >= 11 is 0.